The number of aryl methyl sites for hydroxylation is 1. The highest BCUT2D eigenvalue weighted by molar-refractivity contribution is 6.50. The van der Waals surface area contributed by atoms with Gasteiger partial charge in [-0.25, -0.2) is 9.98 Å². The Morgan fingerprint density at radius 1 is 1.08 bits per heavy atom. The molecule has 3 aromatic rings. The normalized spacial score (nSPS) is 17.4. The summed E-state index contributed by atoms with van der Waals surface area (Å²) in [5, 5.41) is 2.55. The lowest BCUT2D eigenvalue weighted by atomic mass is 10.0. The Hall–Kier alpha value is -3.27. The van der Waals surface area contributed by atoms with E-state index in [9.17, 15) is 0 Å². The zero-order valence-corrected chi connectivity index (χ0v) is 15.0. The van der Waals surface area contributed by atoms with E-state index in [1.54, 1.807) is 7.05 Å². The van der Waals surface area contributed by atoms with Crippen molar-refractivity contribution >= 4 is 39.1 Å². The second kappa shape index (κ2) is 6.56. The number of para-hydroxylation sites is 1. The summed E-state index contributed by atoms with van der Waals surface area (Å²) < 4.78 is 2.35. The van der Waals surface area contributed by atoms with Crippen molar-refractivity contribution in [3.8, 4) is 0 Å². The summed E-state index contributed by atoms with van der Waals surface area (Å²) in [6, 6.07) is 15.1. The summed E-state index contributed by atoms with van der Waals surface area (Å²) in [5.41, 5.74) is 5.19. The van der Waals surface area contributed by atoms with Crippen LogP contribution in [-0.4, -0.2) is 28.9 Å². The van der Waals surface area contributed by atoms with Gasteiger partial charge in [0.15, 0.2) is 5.84 Å². The molecule has 128 valence electrons. The highest BCUT2D eigenvalue weighted by Gasteiger charge is 2.15. The fourth-order valence-electron chi connectivity index (χ4n) is 3.51. The summed E-state index contributed by atoms with van der Waals surface area (Å²) in [6.07, 6.45) is 5.44. The quantitative estimate of drug-likeness (QED) is 0.658. The average molecular weight is 340 g/mol. The lowest BCUT2D eigenvalue weighted by Gasteiger charge is -2.10. The van der Waals surface area contributed by atoms with Crippen molar-refractivity contribution in [2.45, 2.75) is 13.5 Å². The van der Waals surface area contributed by atoms with Gasteiger partial charge in [-0.2, -0.15) is 0 Å². The van der Waals surface area contributed by atoms with Crippen LogP contribution >= 0.6 is 0 Å². The van der Waals surface area contributed by atoms with Crippen molar-refractivity contribution in [2.24, 2.45) is 15.0 Å². The number of aromatic nitrogens is 1. The van der Waals surface area contributed by atoms with Crippen LogP contribution in [-0.2, 0) is 6.54 Å². The summed E-state index contributed by atoms with van der Waals surface area (Å²) in [4.78, 5) is 13.1. The molecule has 2 aromatic carbocycles. The van der Waals surface area contributed by atoms with Crippen LogP contribution in [0.5, 0.6) is 0 Å². The Morgan fingerprint density at radius 2 is 1.88 bits per heavy atom. The van der Waals surface area contributed by atoms with Crippen molar-refractivity contribution in [2.75, 3.05) is 7.05 Å². The number of benzene rings is 2. The summed E-state index contributed by atoms with van der Waals surface area (Å²) in [6.45, 7) is 6.77. The number of nitrogens with zero attached hydrogens (tertiary/aromatic N) is 4. The van der Waals surface area contributed by atoms with Gasteiger partial charge in [-0.1, -0.05) is 36.9 Å². The van der Waals surface area contributed by atoms with Crippen LogP contribution in [0.3, 0.4) is 0 Å². The van der Waals surface area contributed by atoms with Crippen LogP contribution in [0.25, 0.3) is 21.8 Å². The number of fused-ring (bicyclic) bond motifs is 3. The smallest absolute Gasteiger partial charge is 0.178 e. The predicted octanol–water partition coefficient (Wildman–Crippen LogP) is 4.79. The molecule has 1 aliphatic heterocycles. The SMILES string of the molecule is C=C/N=C1/N=C(c2ccc3c4ccccc4n(CC)c3c2)C=C/C1=N/C. The molecule has 1 aliphatic rings. The second-order valence-corrected chi connectivity index (χ2v) is 6.07. The second-order valence-electron chi connectivity index (χ2n) is 6.07. The first kappa shape index (κ1) is 16.2. The van der Waals surface area contributed by atoms with E-state index in [1.807, 2.05) is 12.2 Å². The first-order chi connectivity index (χ1) is 12.8. The molecule has 0 spiro atoms. The number of hydrogen-bond acceptors (Lipinski definition) is 2. The highest BCUT2D eigenvalue weighted by atomic mass is 15.0. The van der Waals surface area contributed by atoms with Crippen LogP contribution in [0, 0.1) is 0 Å². The van der Waals surface area contributed by atoms with Crippen molar-refractivity contribution in [1.29, 1.82) is 0 Å². The van der Waals surface area contributed by atoms with Crippen LogP contribution in [0.15, 0.2) is 82.4 Å². The van der Waals surface area contributed by atoms with E-state index in [4.69, 9.17) is 0 Å². The van der Waals surface area contributed by atoms with Crippen molar-refractivity contribution in [3.05, 3.63) is 73.0 Å². The third kappa shape index (κ3) is 2.51. The molecule has 0 bridgehead atoms. The van der Waals surface area contributed by atoms with E-state index in [0.717, 1.165) is 23.5 Å². The van der Waals surface area contributed by atoms with Gasteiger partial charge in [0.2, 0.25) is 0 Å². The lowest BCUT2D eigenvalue weighted by molar-refractivity contribution is 0.827. The molecular formula is C22H20N4. The predicted molar refractivity (Wildman–Crippen MR) is 112 cm³/mol. The Kier molecular flexibility index (Phi) is 4.09. The summed E-state index contributed by atoms with van der Waals surface area (Å²) in [7, 11) is 1.74. The van der Waals surface area contributed by atoms with Gasteiger partial charge in [0.1, 0.15) is 5.71 Å². The third-order valence-corrected chi connectivity index (χ3v) is 4.69. The molecule has 2 heterocycles. The number of dihydropyridines is 1. The maximum absolute atomic E-state index is 4.68. The minimum absolute atomic E-state index is 0.594. The Balaban J connectivity index is 1.91. The minimum atomic E-state index is 0.594. The molecule has 26 heavy (non-hydrogen) atoms. The van der Waals surface area contributed by atoms with Gasteiger partial charge in [0.05, 0.1) is 5.71 Å². The van der Waals surface area contributed by atoms with E-state index in [2.05, 4.69) is 75.5 Å². The largest absolute Gasteiger partial charge is 0.341 e. The van der Waals surface area contributed by atoms with E-state index in [1.165, 1.54) is 28.0 Å². The van der Waals surface area contributed by atoms with Crippen molar-refractivity contribution < 1.29 is 0 Å². The molecule has 0 atom stereocenters. The fourth-order valence-corrected chi connectivity index (χ4v) is 3.51. The van der Waals surface area contributed by atoms with Gasteiger partial charge in [-0.3, -0.25) is 4.99 Å². The number of hydrogen-bond donors (Lipinski definition) is 0. The molecule has 4 heteroatoms. The first-order valence-electron chi connectivity index (χ1n) is 8.70. The lowest BCUT2D eigenvalue weighted by Crippen LogP contribution is -2.17. The highest BCUT2D eigenvalue weighted by Crippen LogP contribution is 2.30. The maximum atomic E-state index is 4.68. The summed E-state index contributed by atoms with van der Waals surface area (Å²) in [5.74, 6) is 0.594. The molecular weight excluding hydrogens is 320 g/mol. The van der Waals surface area contributed by atoms with E-state index in [-0.39, 0.29) is 0 Å². The number of aliphatic imine (C=N–C) groups is 3. The van der Waals surface area contributed by atoms with Gasteiger partial charge in [0.25, 0.3) is 0 Å². The van der Waals surface area contributed by atoms with Crippen LogP contribution in [0.2, 0.25) is 0 Å². The molecule has 4 nitrogen and oxygen atoms in total. The van der Waals surface area contributed by atoms with E-state index < -0.39 is 0 Å². The molecule has 4 rings (SSSR count). The standard InChI is InChI=1S/C22H20N4/c1-4-24-22-19(23-3)13-12-18(25-22)15-10-11-17-16-8-6-7-9-20(16)26(5-2)21(17)14-15/h4,6-14H,1,5H2,2-3H3/b23-19-,24-22+. The average Bonchev–Trinajstić information content (AvgIpc) is 3.01. The fraction of sp³-hybridized carbons (Fsp3) is 0.136. The molecule has 0 aliphatic carbocycles. The monoisotopic (exact) mass is 340 g/mol. The molecule has 0 saturated carbocycles. The van der Waals surface area contributed by atoms with Crippen molar-refractivity contribution in [3.63, 3.8) is 0 Å². The summed E-state index contributed by atoms with van der Waals surface area (Å²) >= 11 is 0. The van der Waals surface area contributed by atoms with E-state index >= 15 is 0 Å². The van der Waals surface area contributed by atoms with E-state index in [0.29, 0.717) is 5.84 Å². The molecule has 1 aromatic heterocycles. The molecule has 0 radical (unpaired) electrons. The third-order valence-electron chi connectivity index (χ3n) is 4.69. The Morgan fingerprint density at radius 3 is 2.65 bits per heavy atom. The van der Waals surface area contributed by atoms with Crippen LogP contribution in [0.4, 0.5) is 0 Å². The molecule has 0 amide bonds. The van der Waals surface area contributed by atoms with Gasteiger partial charge >= 0.3 is 0 Å². The number of allylic oxidation sites excluding steroid dienone is 1. The molecule has 0 unspecified atom stereocenters. The zero-order valence-electron chi connectivity index (χ0n) is 15.0. The molecule has 0 N–H and O–H groups in total. The molecule has 0 fully saturated rings. The maximum Gasteiger partial charge on any atom is 0.178 e. The van der Waals surface area contributed by atoms with Gasteiger partial charge < -0.3 is 4.57 Å². The Bertz CT molecular complexity index is 1140. The van der Waals surface area contributed by atoms with Gasteiger partial charge in [-0.05, 0) is 31.2 Å². The Labute approximate surface area is 152 Å². The van der Waals surface area contributed by atoms with Gasteiger partial charge in [-0.15, -0.1) is 0 Å². The van der Waals surface area contributed by atoms with Crippen LogP contribution in [0.1, 0.15) is 12.5 Å². The first-order valence-corrected chi connectivity index (χ1v) is 8.70. The van der Waals surface area contributed by atoms with Gasteiger partial charge in [0, 0.05) is 47.2 Å². The minimum Gasteiger partial charge on any atom is -0.341 e. The number of amidine groups is 1. The zero-order chi connectivity index (χ0) is 18.1. The topological polar surface area (TPSA) is 42.0 Å². The number of rotatable bonds is 3. The van der Waals surface area contributed by atoms with Crippen LogP contribution < -0.4 is 0 Å². The molecule has 0 saturated heterocycles. The van der Waals surface area contributed by atoms with Crippen molar-refractivity contribution in [1.82, 2.24) is 4.57 Å².